The number of nitrogens with zero attached hydrogens (tertiary/aromatic N) is 2. The van der Waals surface area contributed by atoms with Crippen LogP contribution in [0.5, 0.6) is 0 Å². The van der Waals surface area contributed by atoms with Gasteiger partial charge in [0.1, 0.15) is 4.53 Å². The summed E-state index contributed by atoms with van der Waals surface area (Å²) in [6.07, 6.45) is 1.99. The van der Waals surface area contributed by atoms with E-state index >= 15 is 0 Å². The van der Waals surface area contributed by atoms with Crippen molar-refractivity contribution < 1.29 is 14.3 Å². The Hall–Kier alpha value is -4.21. The first-order valence-corrected chi connectivity index (χ1v) is 14.8. The van der Waals surface area contributed by atoms with Crippen LogP contribution in [0.3, 0.4) is 0 Å². The highest BCUT2D eigenvalue weighted by molar-refractivity contribution is 7.98. The average molecular weight is 568 g/mol. The maximum absolute atomic E-state index is 14.3. The fourth-order valence-corrected chi connectivity index (χ4v) is 6.60. The number of rotatable bonds is 5. The highest BCUT2D eigenvalue weighted by atomic mass is 32.2. The van der Waals surface area contributed by atoms with Crippen molar-refractivity contribution in [2.24, 2.45) is 4.99 Å². The maximum atomic E-state index is 14.3. The van der Waals surface area contributed by atoms with Gasteiger partial charge in [-0.15, -0.1) is 11.8 Å². The number of fused-ring (bicyclic) bond motifs is 2. The van der Waals surface area contributed by atoms with Crippen molar-refractivity contribution in [3.63, 3.8) is 0 Å². The number of benzene rings is 3. The van der Waals surface area contributed by atoms with Gasteiger partial charge in [-0.2, -0.15) is 0 Å². The van der Waals surface area contributed by atoms with Crippen LogP contribution in [0.25, 0.3) is 11.3 Å². The van der Waals surface area contributed by atoms with Gasteiger partial charge < -0.3 is 10.1 Å². The lowest BCUT2D eigenvalue weighted by molar-refractivity contribution is -0.138. The summed E-state index contributed by atoms with van der Waals surface area (Å²) in [4.78, 5) is 47.4. The van der Waals surface area contributed by atoms with E-state index in [4.69, 9.17) is 9.73 Å². The van der Waals surface area contributed by atoms with Gasteiger partial charge in [-0.05, 0) is 49.9 Å². The second-order valence-electron chi connectivity index (χ2n) is 9.40. The first-order chi connectivity index (χ1) is 19.4. The molecule has 6 rings (SSSR count). The molecule has 7 nitrogen and oxygen atoms in total. The summed E-state index contributed by atoms with van der Waals surface area (Å²) >= 11 is 2.76. The van der Waals surface area contributed by atoms with E-state index in [1.807, 2.05) is 86.0 Å². The molecule has 0 aliphatic carbocycles. The minimum absolute atomic E-state index is 0.174. The summed E-state index contributed by atoms with van der Waals surface area (Å²) in [6, 6.07) is 22.1. The molecular weight excluding hydrogens is 542 g/mol. The molecule has 3 heterocycles. The Balaban J connectivity index is 1.71. The van der Waals surface area contributed by atoms with E-state index in [1.54, 1.807) is 18.7 Å². The summed E-state index contributed by atoms with van der Waals surface area (Å²) in [6.45, 7) is 3.86. The highest BCUT2D eigenvalue weighted by Crippen LogP contribution is 2.36. The molecule has 0 saturated heterocycles. The molecule has 0 saturated carbocycles. The number of thiazole rings is 1. The van der Waals surface area contributed by atoms with E-state index in [0.29, 0.717) is 27.3 Å². The fourth-order valence-electron chi connectivity index (χ4n) is 5.10. The molecule has 1 N–H and O–H groups in total. The van der Waals surface area contributed by atoms with Crippen molar-refractivity contribution in [1.82, 2.24) is 4.57 Å². The summed E-state index contributed by atoms with van der Waals surface area (Å²) in [5, 5.41) is 2.88. The Morgan fingerprint density at radius 3 is 2.52 bits per heavy atom. The van der Waals surface area contributed by atoms with Crippen molar-refractivity contribution in [2.75, 3.05) is 18.2 Å². The first kappa shape index (κ1) is 26.0. The molecule has 0 fully saturated rings. The Bertz CT molecular complexity index is 1890. The predicted octanol–water partition coefficient (Wildman–Crippen LogP) is 4.29. The number of ether oxygens (including phenoxy) is 1. The number of nitrogens with one attached hydrogen (secondary N) is 1. The van der Waals surface area contributed by atoms with Crippen molar-refractivity contribution in [2.45, 2.75) is 24.8 Å². The second-order valence-corrected chi connectivity index (χ2v) is 11.3. The molecule has 2 aliphatic heterocycles. The lowest BCUT2D eigenvalue weighted by Gasteiger charge is -2.26. The molecule has 1 aromatic heterocycles. The topological polar surface area (TPSA) is 89.8 Å². The molecule has 1 atom stereocenters. The summed E-state index contributed by atoms with van der Waals surface area (Å²) in [5.41, 5.74) is 4.47. The Kier molecular flexibility index (Phi) is 6.77. The summed E-state index contributed by atoms with van der Waals surface area (Å²) < 4.78 is 7.34. The number of esters is 1. The normalized spacial score (nSPS) is 17.2. The second kappa shape index (κ2) is 10.4. The fraction of sp³-hybridized carbons (Fsp3) is 0.161. The third kappa shape index (κ3) is 4.31. The number of aryl methyl sites for hydroxylation is 1. The standard InChI is InChI=1S/C31H25N3O4S2/c1-4-38-30(37)24-25(18-8-6-5-7-9-18)33-31-34(26(24)19-11-13-20(39-3)14-12-19)29(36)27(40-31)23-21-16-17(2)10-15-22(21)32-28(23)35/h5-16,26H,4H2,1-3H3,(H,32,35)/b27-23-/t26-/m0/s1. The Morgan fingerprint density at radius 2 is 1.82 bits per heavy atom. The quantitative estimate of drug-likeness (QED) is 0.287. The van der Waals surface area contributed by atoms with Crippen LogP contribution in [0.4, 0.5) is 5.69 Å². The number of hydrogen-bond donors (Lipinski definition) is 1. The van der Waals surface area contributed by atoms with Gasteiger partial charge in [0.05, 0.1) is 29.5 Å². The number of anilines is 1. The molecule has 1 amide bonds. The number of carbonyl (C=O) groups is 2. The van der Waals surface area contributed by atoms with Gasteiger partial charge in [0.2, 0.25) is 0 Å². The van der Waals surface area contributed by atoms with E-state index in [2.05, 4.69) is 5.32 Å². The van der Waals surface area contributed by atoms with Crippen LogP contribution in [-0.4, -0.2) is 29.3 Å². The van der Waals surface area contributed by atoms with Crippen molar-refractivity contribution in [3.05, 3.63) is 120 Å². The van der Waals surface area contributed by atoms with Crippen LogP contribution in [-0.2, 0) is 14.3 Å². The zero-order chi connectivity index (χ0) is 28.0. The summed E-state index contributed by atoms with van der Waals surface area (Å²) in [7, 11) is 0. The van der Waals surface area contributed by atoms with Crippen LogP contribution in [0.15, 0.2) is 93.1 Å². The SMILES string of the molecule is CCOC(=O)C1=C(c2ccccc2)N=c2s/c(=C3\C(=O)Nc4ccc(C)cc43)c(=O)n2[C@H]1c1ccc(SC)cc1. The minimum atomic E-state index is -0.794. The molecule has 0 radical (unpaired) electrons. The molecule has 40 heavy (non-hydrogen) atoms. The summed E-state index contributed by atoms with van der Waals surface area (Å²) in [5.74, 6) is -0.874. The van der Waals surface area contributed by atoms with Gasteiger partial charge in [-0.1, -0.05) is 65.4 Å². The molecule has 200 valence electrons. The number of amides is 1. The molecule has 3 aromatic carbocycles. The van der Waals surface area contributed by atoms with Gasteiger partial charge in [-0.25, -0.2) is 9.79 Å². The number of hydrogen-bond acceptors (Lipinski definition) is 7. The largest absolute Gasteiger partial charge is 0.463 e. The van der Waals surface area contributed by atoms with Gasteiger partial charge in [0, 0.05) is 21.7 Å². The third-order valence-corrected chi connectivity index (χ3v) is 8.72. The molecular formula is C31H25N3O4S2. The molecule has 9 heteroatoms. The lowest BCUT2D eigenvalue weighted by atomic mass is 9.93. The van der Waals surface area contributed by atoms with E-state index in [-0.39, 0.29) is 28.2 Å². The maximum Gasteiger partial charge on any atom is 0.338 e. The van der Waals surface area contributed by atoms with Crippen LogP contribution in [0.2, 0.25) is 0 Å². The van der Waals surface area contributed by atoms with Gasteiger partial charge >= 0.3 is 5.97 Å². The van der Waals surface area contributed by atoms with Crippen molar-refractivity contribution in [3.8, 4) is 0 Å². The smallest absolute Gasteiger partial charge is 0.338 e. The van der Waals surface area contributed by atoms with Gasteiger partial charge in [-0.3, -0.25) is 14.2 Å². The predicted molar refractivity (Wildman–Crippen MR) is 158 cm³/mol. The Labute approximate surface area is 238 Å². The van der Waals surface area contributed by atoms with E-state index < -0.39 is 12.0 Å². The first-order valence-electron chi connectivity index (χ1n) is 12.8. The molecule has 4 aromatic rings. The lowest BCUT2D eigenvalue weighted by Crippen LogP contribution is -2.40. The monoisotopic (exact) mass is 567 g/mol. The van der Waals surface area contributed by atoms with Crippen LogP contribution >= 0.6 is 23.1 Å². The van der Waals surface area contributed by atoms with E-state index in [9.17, 15) is 14.4 Å². The van der Waals surface area contributed by atoms with Gasteiger partial charge in [0.15, 0.2) is 4.80 Å². The third-order valence-electron chi connectivity index (χ3n) is 6.93. The molecule has 0 bridgehead atoms. The molecule has 0 unspecified atom stereocenters. The molecule has 2 aliphatic rings. The van der Waals surface area contributed by atoms with E-state index in [1.165, 1.54) is 4.57 Å². The zero-order valence-corrected chi connectivity index (χ0v) is 23.7. The number of thioether (sulfide) groups is 1. The Morgan fingerprint density at radius 1 is 1.07 bits per heavy atom. The molecule has 0 spiro atoms. The van der Waals surface area contributed by atoms with Gasteiger partial charge in [0.25, 0.3) is 11.5 Å². The van der Waals surface area contributed by atoms with E-state index in [0.717, 1.165) is 32.9 Å². The minimum Gasteiger partial charge on any atom is -0.463 e. The van der Waals surface area contributed by atoms with Crippen molar-refractivity contribution in [1.29, 1.82) is 0 Å². The highest BCUT2D eigenvalue weighted by Gasteiger charge is 2.36. The zero-order valence-electron chi connectivity index (χ0n) is 22.1. The average Bonchev–Trinajstić information content (AvgIpc) is 3.47. The van der Waals surface area contributed by atoms with Crippen molar-refractivity contribution >= 4 is 51.9 Å². The van der Waals surface area contributed by atoms with Crippen LogP contribution in [0.1, 0.15) is 35.2 Å². The number of carbonyl (C=O) groups excluding carboxylic acids is 2. The van der Waals surface area contributed by atoms with Crippen LogP contribution in [0, 0.1) is 6.92 Å². The van der Waals surface area contributed by atoms with Crippen LogP contribution < -0.4 is 20.2 Å². The number of aromatic nitrogens is 1.